The van der Waals surface area contributed by atoms with Crippen molar-refractivity contribution >= 4 is 0 Å². The van der Waals surface area contributed by atoms with E-state index in [-0.39, 0.29) is 0 Å². The monoisotopic (exact) mass is 265 g/mol. The Labute approximate surface area is 117 Å². The molecule has 0 heterocycles. The molecule has 3 heteroatoms. The number of benzene rings is 1. The molecule has 3 nitrogen and oxygen atoms in total. The summed E-state index contributed by atoms with van der Waals surface area (Å²) in [5.74, 6) is 0.986. The third-order valence-electron chi connectivity index (χ3n) is 3.27. The van der Waals surface area contributed by atoms with Gasteiger partial charge >= 0.3 is 0 Å². The Hall–Kier alpha value is -0.900. The van der Waals surface area contributed by atoms with Crippen LogP contribution in [0.15, 0.2) is 24.3 Å². The van der Waals surface area contributed by atoms with Crippen molar-refractivity contribution in [3.63, 3.8) is 0 Å². The second-order valence-corrected chi connectivity index (χ2v) is 5.56. The molecule has 0 aliphatic rings. The number of nitrogens with one attached hydrogen (secondary N) is 1. The molecule has 2 N–H and O–H groups in total. The molecular formula is C16H27NO2. The van der Waals surface area contributed by atoms with E-state index in [1.807, 2.05) is 12.1 Å². The molecule has 108 valence electrons. The molecule has 2 unspecified atom stereocenters. The third kappa shape index (κ3) is 5.72. The van der Waals surface area contributed by atoms with Gasteiger partial charge in [-0.25, -0.2) is 0 Å². The van der Waals surface area contributed by atoms with Gasteiger partial charge in [-0.15, -0.1) is 0 Å². The standard InChI is InChI=1S/C16H27NO2/c1-12(2)14-5-7-15(8-6-14)16(18)10-17-9-13(3)11-19-4/h5-8,12-13,16-18H,9-11H2,1-4H3. The van der Waals surface area contributed by atoms with Gasteiger partial charge in [-0.3, -0.25) is 0 Å². The average molecular weight is 265 g/mol. The first-order valence-corrected chi connectivity index (χ1v) is 7.02. The normalized spacial score (nSPS) is 14.6. The van der Waals surface area contributed by atoms with Crippen molar-refractivity contribution in [3.05, 3.63) is 35.4 Å². The van der Waals surface area contributed by atoms with Crippen molar-refractivity contribution in [2.24, 2.45) is 5.92 Å². The highest BCUT2D eigenvalue weighted by atomic mass is 16.5. The summed E-state index contributed by atoms with van der Waals surface area (Å²) in [6, 6.07) is 8.22. The third-order valence-corrected chi connectivity index (χ3v) is 3.27. The fourth-order valence-electron chi connectivity index (χ4n) is 2.03. The Morgan fingerprint density at radius 2 is 1.63 bits per heavy atom. The zero-order valence-corrected chi connectivity index (χ0v) is 12.5. The highest BCUT2D eigenvalue weighted by Gasteiger charge is 2.09. The second-order valence-electron chi connectivity index (χ2n) is 5.56. The molecule has 1 rings (SSSR count). The number of rotatable bonds is 8. The van der Waals surface area contributed by atoms with E-state index in [0.29, 0.717) is 18.4 Å². The van der Waals surface area contributed by atoms with Crippen molar-refractivity contribution in [1.29, 1.82) is 0 Å². The summed E-state index contributed by atoms with van der Waals surface area (Å²) in [4.78, 5) is 0. The zero-order valence-electron chi connectivity index (χ0n) is 12.5. The minimum Gasteiger partial charge on any atom is -0.387 e. The van der Waals surface area contributed by atoms with Crippen molar-refractivity contribution in [1.82, 2.24) is 5.32 Å². The lowest BCUT2D eigenvalue weighted by molar-refractivity contribution is 0.147. The highest BCUT2D eigenvalue weighted by Crippen LogP contribution is 2.18. The van der Waals surface area contributed by atoms with E-state index in [1.165, 1.54) is 5.56 Å². The molecule has 0 bridgehead atoms. The van der Waals surface area contributed by atoms with E-state index in [0.717, 1.165) is 18.7 Å². The van der Waals surface area contributed by atoms with Gasteiger partial charge in [-0.1, -0.05) is 45.0 Å². The van der Waals surface area contributed by atoms with Gasteiger partial charge in [0.25, 0.3) is 0 Å². The lowest BCUT2D eigenvalue weighted by Crippen LogP contribution is -2.28. The number of methoxy groups -OCH3 is 1. The van der Waals surface area contributed by atoms with E-state index in [2.05, 4.69) is 38.2 Å². The molecular weight excluding hydrogens is 238 g/mol. The number of aliphatic hydroxyl groups is 1. The van der Waals surface area contributed by atoms with Crippen LogP contribution < -0.4 is 5.32 Å². The Morgan fingerprint density at radius 3 is 2.16 bits per heavy atom. The fraction of sp³-hybridized carbons (Fsp3) is 0.625. The molecule has 0 spiro atoms. The molecule has 0 aromatic heterocycles. The molecule has 2 atom stereocenters. The fourth-order valence-corrected chi connectivity index (χ4v) is 2.03. The molecule has 19 heavy (non-hydrogen) atoms. The first kappa shape index (κ1) is 16.2. The van der Waals surface area contributed by atoms with Crippen molar-refractivity contribution in [2.45, 2.75) is 32.8 Å². The maximum Gasteiger partial charge on any atom is 0.0914 e. The molecule has 0 aliphatic heterocycles. The Kier molecular flexibility index (Phi) is 7.06. The van der Waals surface area contributed by atoms with Crippen LogP contribution in [0.25, 0.3) is 0 Å². The van der Waals surface area contributed by atoms with Gasteiger partial charge in [0.15, 0.2) is 0 Å². The summed E-state index contributed by atoms with van der Waals surface area (Å²) in [6.07, 6.45) is -0.448. The van der Waals surface area contributed by atoms with Crippen molar-refractivity contribution < 1.29 is 9.84 Å². The van der Waals surface area contributed by atoms with Crippen molar-refractivity contribution in [3.8, 4) is 0 Å². The minimum atomic E-state index is -0.448. The largest absolute Gasteiger partial charge is 0.387 e. The Bertz CT molecular complexity index is 348. The SMILES string of the molecule is COCC(C)CNCC(O)c1ccc(C(C)C)cc1. The zero-order chi connectivity index (χ0) is 14.3. The summed E-state index contributed by atoms with van der Waals surface area (Å²) in [7, 11) is 1.71. The lowest BCUT2D eigenvalue weighted by atomic mass is 10.00. The molecule has 0 aliphatic carbocycles. The Morgan fingerprint density at radius 1 is 1.05 bits per heavy atom. The maximum absolute atomic E-state index is 10.1. The molecule has 0 saturated carbocycles. The van der Waals surface area contributed by atoms with Gasteiger partial charge in [0.05, 0.1) is 6.10 Å². The van der Waals surface area contributed by atoms with Crippen LogP contribution in [0.1, 0.15) is 43.9 Å². The van der Waals surface area contributed by atoms with Crippen LogP contribution in [0.4, 0.5) is 0 Å². The number of aliphatic hydroxyl groups excluding tert-OH is 1. The Balaban J connectivity index is 2.38. The molecule has 1 aromatic carbocycles. The van der Waals surface area contributed by atoms with Gasteiger partial charge in [0.2, 0.25) is 0 Å². The predicted octanol–water partition coefficient (Wildman–Crippen LogP) is 2.72. The van der Waals surface area contributed by atoms with Crippen LogP contribution in [0.5, 0.6) is 0 Å². The van der Waals surface area contributed by atoms with Gasteiger partial charge < -0.3 is 15.2 Å². The van der Waals surface area contributed by atoms with Crippen LogP contribution in [-0.4, -0.2) is 31.9 Å². The molecule has 0 radical (unpaired) electrons. The summed E-state index contributed by atoms with van der Waals surface area (Å²) >= 11 is 0. The summed E-state index contributed by atoms with van der Waals surface area (Å²) in [6.45, 7) is 8.64. The minimum absolute atomic E-state index is 0.448. The topological polar surface area (TPSA) is 41.5 Å². The summed E-state index contributed by atoms with van der Waals surface area (Å²) in [5.41, 5.74) is 2.27. The van der Waals surface area contributed by atoms with E-state index in [9.17, 15) is 5.11 Å². The molecule has 0 saturated heterocycles. The van der Waals surface area contributed by atoms with E-state index < -0.39 is 6.10 Å². The van der Waals surface area contributed by atoms with Crippen molar-refractivity contribution in [2.75, 3.05) is 26.8 Å². The van der Waals surface area contributed by atoms with Crippen LogP contribution in [0, 0.1) is 5.92 Å². The molecule has 0 fully saturated rings. The summed E-state index contributed by atoms with van der Waals surface area (Å²) in [5, 5.41) is 13.4. The quantitative estimate of drug-likeness (QED) is 0.759. The predicted molar refractivity (Wildman–Crippen MR) is 79.4 cm³/mol. The van der Waals surface area contributed by atoms with E-state index >= 15 is 0 Å². The van der Waals surface area contributed by atoms with Gasteiger partial charge in [-0.05, 0) is 23.0 Å². The first-order valence-electron chi connectivity index (χ1n) is 7.02. The first-order chi connectivity index (χ1) is 9.04. The second kappa shape index (κ2) is 8.31. The number of ether oxygens (including phenoxy) is 1. The van der Waals surface area contributed by atoms with Gasteiger partial charge in [0.1, 0.15) is 0 Å². The van der Waals surface area contributed by atoms with Crippen LogP contribution >= 0.6 is 0 Å². The maximum atomic E-state index is 10.1. The lowest BCUT2D eigenvalue weighted by Gasteiger charge is -2.16. The smallest absolute Gasteiger partial charge is 0.0914 e. The van der Waals surface area contributed by atoms with E-state index in [1.54, 1.807) is 7.11 Å². The molecule has 1 aromatic rings. The average Bonchev–Trinajstić information content (AvgIpc) is 2.39. The molecule has 0 amide bonds. The van der Waals surface area contributed by atoms with Gasteiger partial charge in [-0.2, -0.15) is 0 Å². The van der Waals surface area contributed by atoms with E-state index in [4.69, 9.17) is 4.74 Å². The van der Waals surface area contributed by atoms with Crippen LogP contribution in [0.3, 0.4) is 0 Å². The number of hydrogen-bond donors (Lipinski definition) is 2. The van der Waals surface area contributed by atoms with Crippen LogP contribution in [-0.2, 0) is 4.74 Å². The number of hydrogen-bond acceptors (Lipinski definition) is 3. The highest BCUT2D eigenvalue weighted by molar-refractivity contribution is 5.26. The van der Waals surface area contributed by atoms with Gasteiger partial charge in [0, 0.05) is 26.8 Å². The van der Waals surface area contributed by atoms with Crippen LogP contribution in [0.2, 0.25) is 0 Å². The summed E-state index contributed by atoms with van der Waals surface area (Å²) < 4.78 is 5.08.